The van der Waals surface area contributed by atoms with Crippen molar-refractivity contribution in [3.05, 3.63) is 65.7 Å². The van der Waals surface area contributed by atoms with Crippen molar-refractivity contribution in [2.75, 3.05) is 32.1 Å². The van der Waals surface area contributed by atoms with Gasteiger partial charge in [0.15, 0.2) is 6.54 Å². The summed E-state index contributed by atoms with van der Waals surface area (Å²) in [7, 11) is 1.35. The summed E-state index contributed by atoms with van der Waals surface area (Å²) in [5, 5.41) is 2.91. The number of quaternary nitrogens is 1. The molecule has 0 spiro atoms. The lowest BCUT2D eigenvalue weighted by Crippen LogP contribution is -3.14. The summed E-state index contributed by atoms with van der Waals surface area (Å²) in [6.07, 6.45) is 3.45. The summed E-state index contributed by atoms with van der Waals surface area (Å²) in [5.74, 6) is 0.345. The molecule has 1 saturated heterocycles. The Hall–Kier alpha value is -2.66. The first kappa shape index (κ1) is 19.1. The minimum Gasteiger partial charge on any atom is -0.465 e. The van der Waals surface area contributed by atoms with E-state index in [0.29, 0.717) is 23.7 Å². The van der Waals surface area contributed by atoms with Gasteiger partial charge in [0.25, 0.3) is 5.91 Å². The number of carbonyl (C=O) groups excluding carboxylic acids is 2. The minimum absolute atomic E-state index is 0.0114. The fraction of sp³-hybridized carbons (Fsp3) is 0.364. The number of benzene rings is 2. The molecule has 1 aliphatic heterocycles. The molecule has 0 atom stereocenters. The summed E-state index contributed by atoms with van der Waals surface area (Å²) in [4.78, 5) is 25.1. The smallest absolute Gasteiger partial charge is 0.337 e. The van der Waals surface area contributed by atoms with E-state index in [1.165, 1.54) is 17.6 Å². The number of hydrogen-bond acceptors (Lipinski definition) is 3. The molecule has 142 valence electrons. The maximum Gasteiger partial charge on any atom is 0.337 e. The third kappa shape index (κ3) is 5.66. The highest BCUT2D eigenvalue weighted by Crippen LogP contribution is 2.16. The molecule has 3 rings (SSSR count). The van der Waals surface area contributed by atoms with Crippen molar-refractivity contribution in [1.29, 1.82) is 0 Å². The van der Waals surface area contributed by atoms with Gasteiger partial charge in [0.05, 0.1) is 25.8 Å². The van der Waals surface area contributed by atoms with Gasteiger partial charge in [0.2, 0.25) is 0 Å². The molecule has 2 aromatic rings. The van der Waals surface area contributed by atoms with E-state index in [4.69, 9.17) is 0 Å². The standard InChI is InChI=1S/C22H26N2O3/c1-27-22(26)19-7-9-20(10-8-19)23-21(25)16-24-13-11-18(12-14-24)15-17-5-3-2-4-6-17/h2-10,18H,11-16H2,1H3,(H,23,25)/p+1. The van der Waals surface area contributed by atoms with E-state index in [9.17, 15) is 9.59 Å². The highest BCUT2D eigenvalue weighted by molar-refractivity contribution is 5.93. The molecular formula is C22H27N2O3+. The number of rotatable bonds is 6. The molecule has 0 radical (unpaired) electrons. The zero-order valence-electron chi connectivity index (χ0n) is 15.7. The van der Waals surface area contributed by atoms with Crippen LogP contribution in [0.2, 0.25) is 0 Å². The molecule has 1 aliphatic rings. The van der Waals surface area contributed by atoms with Crippen LogP contribution in [-0.4, -0.2) is 38.6 Å². The predicted molar refractivity (Wildman–Crippen MR) is 105 cm³/mol. The van der Waals surface area contributed by atoms with Crippen LogP contribution in [0.1, 0.15) is 28.8 Å². The van der Waals surface area contributed by atoms with Crippen molar-refractivity contribution >= 4 is 17.6 Å². The number of hydrogen-bond donors (Lipinski definition) is 2. The Kier molecular flexibility index (Phi) is 6.60. The lowest BCUT2D eigenvalue weighted by Gasteiger charge is -2.29. The molecule has 1 amide bonds. The Bertz CT molecular complexity index is 751. The quantitative estimate of drug-likeness (QED) is 0.768. The Labute approximate surface area is 160 Å². The summed E-state index contributed by atoms with van der Waals surface area (Å²) in [5.41, 5.74) is 2.58. The van der Waals surface area contributed by atoms with Gasteiger partial charge in [0, 0.05) is 5.69 Å². The lowest BCUT2D eigenvalue weighted by molar-refractivity contribution is -0.898. The second kappa shape index (κ2) is 9.33. The van der Waals surface area contributed by atoms with Crippen LogP contribution in [0.5, 0.6) is 0 Å². The average molecular weight is 367 g/mol. The molecule has 5 heteroatoms. The van der Waals surface area contributed by atoms with Crippen LogP contribution in [-0.2, 0) is 16.0 Å². The van der Waals surface area contributed by atoms with Gasteiger partial charge in [-0.15, -0.1) is 0 Å². The first-order chi connectivity index (χ1) is 13.1. The molecule has 0 aliphatic carbocycles. The second-order valence-electron chi connectivity index (χ2n) is 7.18. The maximum atomic E-state index is 12.3. The van der Waals surface area contributed by atoms with Gasteiger partial charge >= 0.3 is 5.97 Å². The molecule has 27 heavy (non-hydrogen) atoms. The second-order valence-corrected chi connectivity index (χ2v) is 7.18. The molecule has 1 fully saturated rings. The van der Waals surface area contributed by atoms with E-state index in [-0.39, 0.29) is 11.9 Å². The zero-order valence-corrected chi connectivity index (χ0v) is 15.7. The summed E-state index contributed by atoms with van der Waals surface area (Å²) < 4.78 is 4.67. The van der Waals surface area contributed by atoms with Crippen LogP contribution in [0.15, 0.2) is 54.6 Å². The van der Waals surface area contributed by atoms with Crippen molar-refractivity contribution in [3.8, 4) is 0 Å². The number of methoxy groups -OCH3 is 1. The Morgan fingerprint density at radius 3 is 2.33 bits per heavy atom. The molecule has 0 aromatic heterocycles. The molecular weight excluding hydrogens is 340 g/mol. The van der Waals surface area contributed by atoms with Gasteiger partial charge in [0.1, 0.15) is 0 Å². The number of nitrogens with one attached hydrogen (secondary N) is 2. The van der Waals surface area contributed by atoms with Crippen molar-refractivity contribution in [3.63, 3.8) is 0 Å². The molecule has 0 unspecified atom stereocenters. The maximum absolute atomic E-state index is 12.3. The third-order valence-electron chi connectivity index (χ3n) is 5.18. The molecule has 0 bridgehead atoms. The Morgan fingerprint density at radius 2 is 1.70 bits per heavy atom. The largest absolute Gasteiger partial charge is 0.465 e. The van der Waals surface area contributed by atoms with Crippen molar-refractivity contribution in [2.24, 2.45) is 5.92 Å². The van der Waals surface area contributed by atoms with E-state index >= 15 is 0 Å². The monoisotopic (exact) mass is 367 g/mol. The number of likely N-dealkylation sites (tertiary alicyclic amines) is 1. The van der Waals surface area contributed by atoms with Crippen LogP contribution in [0.4, 0.5) is 5.69 Å². The topological polar surface area (TPSA) is 59.8 Å². The van der Waals surface area contributed by atoms with Crippen molar-refractivity contribution in [2.45, 2.75) is 19.3 Å². The molecule has 2 aromatic carbocycles. The Balaban J connectivity index is 1.42. The molecule has 1 heterocycles. The van der Waals surface area contributed by atoms with Gasteiger partial charge in [-0.05, 0) is 55.0 Å². The zero-order chi connectivity index (χ0) is 19.1. The van der Waals surface area contributed by atoms with Gasteiger partial charge in [-0.1, -0.05) is 30.3 Å². The van der Waals surface area contributed by atoms with E-state index in [1.807, 2.05) is 0 Å². The van der Waals surface area contributed by atoms with Crippen LogP contribution in [0, 0.1) is 5.92 Å². The SMILES string of the molecule is COC(=O)c1ccc(NC(=O)C[NH+]2CCC(Cc3ccccc3)CC2)cc1. The van der Waals surface area contributed by atoms with Gasteiger partial charge in [-0.3, -0.25) is 4.79 Å². The van der Waals surface area contributed by atoms with Gasteiger partial charge < -0.3 is 15.0 Å². The first-order valence-corrected chi connectivity index (χ1v) is 9.50. The summed E-state index contributed by atoms with van der Waals surface area (Å²) >= 11 is 0. The summed E-state index contributed by atoms with van der Waals surface area (Å²) in [6.45, 7) is 2.55. The number of anilines is 1. The average Bonchev–Trinajstić information content (AvgIpc) is 2.70. The normalized spacial score (nSPS) is 19.3. The van der Waals surface area contributed by atoms with Crippen LogP contribution < -0.4 is 10.2 Å². The number of amides is 1. The van der Waals surface area contributed by atoms with E-state index in [1.54, 1.807) is 24.3 Å². The fourth-order valence-electron chi connectivity index (χ4n) is 3.65. The van der Waals surface area contributed by atoms with E-state index in [0.717, 1.165) is 32.4 Å². The first-order valence-electron chi connectivity index (χ1n) is 9.50. The predicted octanol–water partition coefficient (Wildman–Crippen LogP) is 1.95. The minimum atomic E-state index is -0.379. The Morgan fingerprint density at radius 1 is 1.04 bits per heavy atom. The fourth-order valence-corrected chi connectivity index (χ4v) is 3.65. The van der Waals surface area contributed by atoms with Gasteiger partial charge in [-0.25, -0.2) is 4.79 Å². The summed E-state index contributed by atoms with van der Waals surface area (Å²) in [6, 6.07) is 17.4. The molecule has 2 N–H and O–H groups in total. The van der Waals surface area contributed by atoms with E-state index in [2.05, 4.69) is 40.4 Å². The van der Waals surface area contributed by atoms with E-state index < -0.39 is 0 Å². The van der Waals surface area contributed by atoms with Crippen molar-refractivity contribution in [1.82, 2.24) is 0 Å². The van der Waals surface area contributed by atoms with Crippen LogP contribution >= 0.6 is 0 Å². The third-order valence-corrected chi connectivity index (χ3v) is 5.18. The molecule has 0 saturated carbocycles. The number of carbonyl (C=O) groups is 2. The molecule has 5 nitrogen and oxygen atoms in total. The van der Waals surface area contributed by atoms with Crippen molar-refractivity contribution < 1.29 is 19.2 Å². The van der Waals surface area contributed by atoms with Crippen LogP contribution in [0.3, 0.4) is 0 Å². The lowest BCUT2D eigenvalue weighted by atomic mass is 9.90. The highest BCUT2D eigenvalue weighted by Gasteiger charge is 2.24. The van der Waals surface area contributed by atoms with Crippen LogP contribution in [0.25, 0.3) is 0 Å². The van der Waals surface area contributed by atoms with Gasteiger partial charge in [-0.2, -0.15) is 0 Å². The number of esters is 1. The number of piperidine rings is 1. The number of ether oxygens (including phenoxy) is 1. The highest BCUT2D eigenvalue weighted by atomic mass is 16.5.